The zero-order valence-corrected chi connectivity index (χ0v) is 12.7. The Kier molecular flexibility index (Phi) is 4.86. The van der Waals surface area contributed by atoms with E-state index in [2.05, 4.69) is 79.4 Å². The van der Waals surface area contributed by atoms with Gasteiger partial charge < -0.3 is 4.90 Å². The first-order valence-corrected chi connectivity index (χ1v) is 7.65. The molecule has 0 N–H and O–H groups in total. The molecule has 0 amide bonds. The molecule has 0 bridgehead atoms. The molecule has 1 aliphatic rings. The lowest BCUT2D eigenvalue weighted by atomic mass is 10.0. The van der Waals surface area contributed by atoms with Gasteiger partial charge in [-0.25, -0.2) is 0 Å². The van der Waals surface area contributed by atoms with Crippen molar-refractivity contribution in [2.24, 2.45) is 0 Å². The minimum Gasteiger partial charge on any atom is -0.374 e. The van der Waals surface area contributed by atoms with Crippen LogP contribution < -0.4 is 0 Å². The van der Waals surface area contributed by atoms with Crippen molar-refractivity contribution < 1.29 is 0 Å². The average molecular weight is 357 g/mol. The number of allylic oxidation sites excluding steroid dienone is 2. The largest absolute Gasteiger partial charge is 0.374 e. The zero-order chi connectivity index (χ0) is 12.1. The van der Waals surface area contributed by atoms with Crippen molar-refractivity contribution in [3.63, 3.8) is 0 Å². The van der Waals surface area contributed by atoms with E-state index in [1.807, 2.05) is 0 Å². The van der Waals surface area contributed by atoms with Crippen LogP contribution in [0.4, 0.5) is 0 Å². The van der Waals surface area contributed by atoms with Crippen LogP contribution in [0, 0.1) is 0 Å². The normalized spacial score (nSPS) is 14.9. The fourth-order valence-corrected chi connectivity index (χ4v) is 2.33. The van der Waals surface area contributed by atoms with Crippen LogP contribution in [-0.4, -0.2) is 23.3 Å². The Hall–Kier alpha value is -0.540. The molecule has 0 saturated carbocycles. The van der Waals surface area contributed by atoms with Crippen molar-refractivity contribution in [3.05, 3.63) is 52.7 Å². The maximum Gasteiger partial charge on any atom is 0.0363 e. The van der Waals surface area contributed by atoms with Gasteiger partial charge in [-0.05, 0) is 42.0 Å². The third kappa shape index (κ3) is 3.71. The predicted octanol–water partition coefficient (Wildman–Crippen LogP) is 4.45. The molecule has 0 atom stereocenters. The molecule has 90 valence electrons. The van der Waals surface area contributed by atoms with Gasteiger partial charge in [0, 0.05) is 22.9 Å². The molecule has 0 saturated heterocycles. The highest BCUT2D eigenvalue weighted by atomic mass is 79.9. The van der Waals surface area contributed by atoms with Crippen molar-refractivity contribution in [2.45, 2.75) is 6.42 Å². The molecule has 0 radical (unpaired) electrons. The number of hydrogen-bond acceptors (Lipinski definition) is 1. The van der Waals surface area contributed by atoms with Crippen LogP contribution in [0.3, 0.4) is 0 Å². The highest BCUT2D eigenvalue weighted by Crippen LogP contribution is 2.21. The van der Waals surface area contributed by atoms with Crippen LogP contribution in [0.25, 0.3) is 5.57 Å². The van der Waals surface area contributed by atoms with Crippen LogP contribution in [0.1, 0.15) is 12.0 Å². The summed E-state index contributed by atoms with van der Waals surface area (Å²) in [6, 6.07) is 8.46. The fourth-order valence-electron chi connectivity index (χ4n) is 1.82. The van der Waals surface area contributed by atoms with Gasteiger partial charge in [0.05, 0.1) is 0 Å². The molecule has 2 rings (SSSR count). The summed E-state index contributed by atoms with van der Waals surface area (Å²) >= 11 is 6.92. The van der Waals surface area contributed by atoms with Crippen LogP contribution in [0.5, 0.6) is 0 Å². The monoisotopic (exact) mass is 355 g/mol. The fraction of sp³-hybridized carbons (Fsp3) is 0.286. The first-order chi connectivity index (χ1) is 8.29. The van der Waals surface area contributed by atoms with Gasteiger partial charge in [0.1, 0.15) is 0 Å². The number of rotatable bonds is 4. The van der Waals surface area contributed by atoms with Crippen LogP contribution in [-0.2, 0) is 0 Å². The van der Waals surface area contributed by atoms with Crippen molar-refractivity contribution in [1.82, 2.24) is 4.90 Å². The Balaban J connectivity index is 1.99. The van der Waals surface area contributed by atoms with Crippen LogP contribution >= 0.6 is 31.9 Å². The van der Waals surface area contributed by atoms with Crippen molar-refractivity contribution in [3.8, 4) is 0 Å². The molecule has 0 aliphatic carbocycles. The predicted molar refractivity (Wildman–Crippen MR) is 81.2 cm³/mol. The van der Waals surface area contributed by atoms with E-state index in [-0.39, 0.29) is 0 Å². The Morgan fingerprint density at radius 1 is 1.18 bits per heavy atom. The van der Waals surface area contributed by atoms with E-state index in [1.54, 1.807) is 0 Å². The molecule has 17 heavy (non-hydrogen) atoms. The summed E-state index contributed by atoms with van der Waals surface area (Å²) in [5.74, 6) is 0. The van der Waals surface area contributed by atoms with E-state index in [0.717, 1.165) is 22.9 Å². The second-order valence-electron chi connectivity index (χ2n) is 4.02. The van der Waals surface area contributed by atoms with E-state index < -0.39 is 0 Å². The standard InChI is InChI=1S/C14H15Br2N/c15-8-1-9-17-10-6-13(7-11-17)12-2-4-14(16)5-3-12/h2-7,10H,1,8-9,11H2. The van der Waals surface area contributed by atoms with Gasteiger partial charge in [-0.15, -0.1) is 0 Å². The maximum absolute atomic E-state index is 3.46. The lowest BCUT2D eigenvalue weighted by Crippen LogP contribution is -2.21. The maximum atomic E-state index is 3.46. The van der Waals surface area contributed by atoms with E-state index >= 15 is 0 Å². The highest BCUT2D eigenvalue weighted by molar-refractivity contribution is 9.10. The molecular weight excluding hydrogens is 342 g/mol. The van der Waals surface area contributed by atoms with Crippen LogP contribution in [0.15, 0.2) is 47.1 Å². The van der Waals surface area contributed by atoms with Gasteiger partial charge in [-0.3, -0.25) is 0 Å². The Labute approximate surface area is 119 Å². The van der Waals surface area contributed by atoms with Gasteiger partial charge in [-0.2, -0.15) is 0 Å². The molecule has 3 heteroatoms. The molecule has 0 unspecified atom stereocenters. The Bertz CT molecular complexity index is 420. The lowest BCUT2D eigenvalue weighted by Gasteiger charge is -2.22. The smallest absolute Gasteiger partial charge is 0.0363 e. The quantitative estimate of drug-likeness (QED) is 0.720. The minimum atomic E-state index is 1.01. The Morgan fingerprint density at radius 3 is 2.53 bits per heavy atom. The first kappa shape index (κ1) is 12.9. The van der Waals surface area contributed by atoms with E-state index in [0.29, 0.717) is 0 Å². The lowest BCUT2D eigenvalue weighted by molar-refractivity contribution is 0.414. The number of benzene rings is 1. The van der Waals surface area contributed by atoms with Gasteiger partial charge in [0.15, 0.2) is 0 Å². The summed E-state index contributed by atoms with van der Waals surface area (Å²) < 4.78 is 1.13. The molecule has 1 aromatic carbocycles. The number of halogens is 2. The summed E-state index contributed by atoms with van der Waals surface area (Å²) in [5.41, 5.74) is 2.59. The number of nitrogens with zero attached hydrogens (tertiary/aromatic N) is 1. The van der Waals surface area contributed by atoms with E-state index in [1.165, 1.54) is 17.6 Å². The molecule has 1 nitrogen and oxygen atoms in total. The molecule has 1 aromatic rings. The summed E-state index contributed by atoms with van der Waals surface area (Å²) in [5, 5.41) is 1.07. The van der Waals surface area contributed by atoms with E-state index in [4.69, 9.17) is 0 Å². The summed E-state index contributed by atoms with van der Waals surface area (Å²) in [6.45, 7) is 2.13. The summed E-state index contributed by atoms with van der Waals surface area (Å²) in [6.07, 6.45) is 7.87. The second kappa shape index (κ2) is 6.41. The SMILES string of the molecule is BrCCCN1C=CC(c2ccc(Br)cc2)=CC1. The van der Waals surface area contributed by atoms with Gasteiger partial charge in [0.25, 0.3) is 0 Å². The highest BCUT2D eigenvalue weighted by Gasteiger charge is 2.05. The number of alkyl halides is 1. The van der Waals surface area contributed by atoms with Crippen LogP contribution in [0.2, 0.25) is 0 Å². The van der Waals surface area contributed by atoms with Crippen molar-refractivity contribution >= 4 is 37.4 Å². The molecular formula is C14H15Br2N. The third-order valence-electron chi connectivity index (χ3n) is 2.77. The summed E-state index contributed by atoms with van der Waals surface area (Å²) in [4.78, 5) is 2.34. The number of hydrogen-bond donors (Lipinski definition) is 0. The van der Waals surface area contributed by atoms with Gasteiger partial charge in [0.2, 0.25) is 0 Å². The van der Waals surface area contributed by atoms with Gasteiger partial charge >= 0.3 is 0 Å². The first-order valence-electron chi connectivity index (χ1n) is 5.74. The molecule has 1 heterocycles. The summed E-state index contributed by atoms with van der Waals surface area (Å²) in [7, 11) is 0. The second-order valence-corrected chi connectivity index (χ2v) is 5.73. The van der Waals surface area contributed by atoms with Crippen molar-refractivity contribution in [1.29, 1.82) is 0 Å². The molecule has 0 fully saturated rings. The van der Waals surface area contributed by atoms with Crippen molar-refractivity contribution in [2.75, 3.05) is 18.4 Å². The topological polar surface area (TPSA) is 3.24 Å². The molecule has 1 aliphatic heterocycles. The zero-order valence-electron chi connectivity index (χ0n) is 9.57. The van der Waals surface area contributed by atoms with E-state index in [9.17, 15) is 0 Å². The Morgan fingerprint density at radius 2 is 1.94 bits per heavy atom. The molecule has 0 aromatic heterocycles. The third-order valence-corrected chi connectivity index (χ3v) is 3.86. The minimum absolute atomic E-state index is 1.01. The average Bonchev–Trinajstić information content (AvgIpc) is 2.38. The molecule has 0 spiro atoms. The van der Waals surface area contributed by atoms with Gasteiger partial charge in [-0.1, -0.05) is 50.1 Å².